The van der Waals surface area contributed by atoms with Crippen molar-refractivity contribution in [2.24, 2.45) is 12.0 Å². The van der Waals surface area contributed by atoms with Crippen molar-refractivity contribution in [3.05, 3.63) is 82.4 Å². The number of aromatic nitrogens is 3. The molecule has 4 aromatic rings. The first kappa shape index (κ1) is 26.1. The Morgan fingerprint density at radius 3 is 2.95 bits per heavy atom. The number of halogens is 1. The highest BCUT2D eigenvalue weighted by Crippen LogP contribution is 2.33. The van der Waals surface area contributed by atoms with Gasteiger partial charge in [0, 0.05) is 34.8 Å². The number of allylic oxidation sites excluding steroid dienone is 2. The highest BCUT2D eigenvalue weighted by molar-refractivity contribution is 7.15. The fourth-order valence-electron chi connectivity index (χ4n) is 5.20. The molecule has 4 heterocycles. The number of hydrogen-bond donors (Lipinski definition) is 2. The number of hydrogen-bond acceptors (Lipinski definition) is 6. The molecule has 9 heteroatoms. The number of fused-ring (bicyclic) bond motifs is 3. The van der Waals surface area contributed by atoms with Gasteiger partial charge in [0.1, 0.15) is 23.3 Å². The predicted molar refractivity (Wildman–Crippen MR) is 160 cm³/mol. The van der Waals surface area contributed by atoms with Gasteiger partial charge in [-0.3, -0.25) is 9.78 Å². The molecule has 204 valence electrons. The lowest BCUT2D eigenvalue weighted by Crippen LogP contribution is -2.36. The summed E-state index contributed by atoms with van der Waals surface area (Å²) >= 11 is 1.71. The Morgan fingerprint density at radius 1 is 1.25 bits per heavy atom. The third kappa shape index (κ3) is 5.09. The molecular formula is C31H31FN6OS. The Balaban J connectivity index is 1.18. The Bertz CT molecular complexity index is 1740. The van der Waals surface area contributed by atoms with Gasteiger partial charge in [-0.2, -0.15) is 0 Å². The average Bonchev–Trinajstić information content (AvgIpc) is 3.56. The van der Waals surface area contributed by atoms with Crippen LogP contribution in [0.25, 0.3) is 32.4 Å². The maximum Gasteiger partial charge on any atom is 0.251 e. The van der Waals surface area contributed by atoms with Crippen LogP contribution in [-0.4, -0.2) is 38.9 Å². The molecule has 1 amide bonds. The second kappa shape index (κ2) is 10.8. The third-order valence-electron chi connectivity index (χ3n) is 7.53. The molecule has 0 radical (unpaired) electrons. The summed E-state index contributed by atoms with van der Waals surface area (Å²) in [5, 5.41) is 7.53. The number of carbonyl (C=O) groups is 1. The van der Waals surface area contributed by atoms with Gasteiger partial charge < -0.3 is 15.2 Å². The molecule has 7 nitrogen and oxygen atoms in total. The van der Waals surface area contributed by atoms with E-state index in [1.54, 1.807) is 23.5 Å². The number of amides is 1. The van der Waals surface area contributed by atoms with E-state index < -0.39 is 6.17 Å². The van der Waals surface area contributed by atoms with Gasteiger partial charge in [-0.15, -0.1) is 11.3 Å². The van der Waals surface area contributed by atoms with Crippen LogP contribution in [0.4, 0.5) is 4.39 Å². The Morgan fingerprint density at radius 2 is 2.12 bits per heavy atom. The van der Waals surface area contributed by atoms with Crippen LogP contribution in [0.3, 0.4) is 0 Å². The second-order valence-corrected chi connectivity index (χ2v) is 11.4. The van der Waals surface area contributed by atoms with Crippen LogP contribution in [0.1, 0.15) is 36.9 Å². The lowest BCUT2D eigenvalue weighted by molar-refractivity contribution is -0.118. The average molecular weight is 555 g/mol. The molecular weight excluding hydrogens is 523 g/mol. The molecule has 40 heavy (non-hydrogen) atoms. The van der Waals surface area contributed by atoms with E-state index in [0.29, 0.717) is 30.8 Å². The molecule has 2 N–H and O–H groups in total. The number of pyridine rings is 1. The number of thiophene rings is 1. The van der Waals surface area contributed by atoms with Gasteiger partial charge in [-0.05, 0) is 62.1 Å². The zero-order valence-corrected chi connectivity index (χ0v) is 23.6. The van der Waals surface area contributed by atoms with Crippen molar-refractivity contribution >= 4 is 45.4 Å². The van der Waals surface area contributed by atoms with Crippen LogP contribution >= 0.6 is 11.3 Å². The predicted octanol–water partition coefficient (Wildman–Crippen LogP) is 6.05. The topological polar surface area (TPSA) is 84.2 Å². The Hall–Kier alpha value is -4.11. The van der Waals surface area contributed by atoms with Crippen molar-refractivity contribution in [3.63, 3.8) is 0 Å². The van der Waals surface area contributed by atoms with Gasteiger partial charge >= 0.3 is 0 Å². The molecule has 0 saturated carbocycles. The second-order valence-electron chi connectivity index (χ2n) is 10.2. The standard InChI is InChI=1S/C31H31FN6OS/c1-18(20-6-9-22(32)10-7-20)36-31(39)24-5-4-14-33-30(24)35-16-23-11-13-28(40-23)21-8-12-26-25(15-21)29-27(17-34-26)37-19(2)38(29)3/h6-9,11-15,17-18,22,35H,4-5,10,16H2,1-3H3,(H,36,39)/t18-,22?/m0/s1. The minimum Gasteiger partial charge on any atom is -0.365 e. The number of alkyl halides is 1. The van der Waals surface area contributed by atoms with Crippen LogP contribution < -0.4 is 10.6 Å². The molecule has 1 aliphatic heterocycles. The molecule has 0 bridgehead atoms. The molecule has 6 rings (SSSR count). The Kier molecular flexibility index (Phi) is 7.06. The maximum atomic E-state index is 13.4. The summed E-state index contributed by atoms with van der Waals surface area (Å²) in [6, 6.07) is 10.4. The van der Waals surface area contributed by atoms with Gasteiger partial charge in [-0.25, -0.2) is 14.4 Å². The first-order chi connectivity index (χ1) is 19.4. The molecule has 1 unspecified atom stereocenters. The van der Waals surface area contributed by atoms with Gasteiger partial charge in [0.2, 0.25) is 0 Å². The SMILES string of the molecule is Cc1nc2cnc3ccc(-c4ccc(CNC5=C(C(=O)N[C@@H](C)C6=CCC(F)C=C6)CCC=N5)s4)cc3c2n1C. The van der Waals surface area contributed by atoms with E-state index in [-0.39, 0.29) is 11.9 Å². The van der Waals surface area contributed by atoms with E-state index >= 15 is 0 Å². The summed E-state index contributed by atoms with van der Waals surface area (Å²) < 4.78 is 15.5. The minimum absolute atomic E-state index is 0.142. The van der Waals surface area contributed by atoms with Gasteiger partial charge in [0.05, 0.1) is 35.4 Å². The van der Waals surface area contributed by atoms with Gasteiger partial charge in [0.15, 0.2) is 0 Å². The molecule has 1 aliphatic carbocycles. The molecule has 0 spiro atoms. The van der Waals surface area contributed by atoms with Crippen molar-refractivity contribution in [2.45, 2.75) is 51.9 Å². The molecule has 2 atom stereocenters. The normalized spacial score (nSPS) is 17.9. The van der Waals surface area contributed by atoms with Crippen LogP contribution in [0.2, 0.25) is 0 Å². The van der Waals surface area contributed by atoms with Crippen LogP contribution in [-0.2, 0) is 18.4 Å². The van der Waals surface area contributed by atoms with Crippen LogP contribution in [0, 0.1) is 6.92 Å². The van der Waals surface area contributed by atoms with Gasteiger partial charge in [-0.1, -0.05) is 24.3 Å². The van der Waals surface area contributed by atoms with E-state index in [4.69, 9.17) is 0 Å². The number of aryl methyl sites for hydroxylation is 2. The molecule has 0 saturated heterocycles. The van der Waals surface area contributed by atoms with Crippen molar-refractivity contribution in [1.29, 1.82) is 0 Å². The monoisotopic (exact) mass is 554 g/mol. The first-order valence-corrected chi connectivity index (χ1v) is 14.3. The van der Waals surface area contributed by atoms with E-state index in [0.717, 1.165) is 55.1 Å². The largest absolute Gasteiger partial charge is 0.365 e. The minimum atomic E-state index is -0.949. The van der Waals surface area contributed by atoms with Crippen molar-refractivity contribution < 1.29 is 9.18 Å². The van der Waals surface area contributed by atoms with E-state index in [2.05, 4.69) is 60.5 Å². The fourth-order valence-corrected chi connectivity index (χ4v) is 6.14. The Labute approximate surface area is 236 Å². The first-order valence-electron chi connectivity index (χ1n) is 13.5. The number of nitrogens with one attached hydrogen (secondary N) is 2. The summed E-state index contributed by atoms with van der Waals surface area (Å²) in [6.45, 7) is 4.49. The number of benzene rings is 1. The molecule has 0 fully saturated rings. The number of rotatable bonds is 7. The quantitative estimate of drug-likeness (QED) is 0.291. The van der Waals surface area contributed by atoms with Crippen LogP contribution in [0.5, 0.6) is 0 Å². The maximum absolute atomic E-state index is 13.4. The smallest absolute Gasteiger partial charge is 0.251 e. The molecule has 3 aromatic heterocycles. The summed E-state index contributed by atoms with van der Waals surface area (Å²) in [4.78, 5) is 29.2. The molecule has 2 aliphatic rings. The zero-order valence-electron chi connectivity index (χ0n) is 22.7. The number of nitrogens with zero attached hydrogens (tertiary/aromatic N) is 4. The van der Waals surface area contributed by atoms with Crippen LogP contribution in [0.15, 0.2) is 76.7 Å². The highest BCUT2D eigenvalue weighted by atomic mass is 32.1. The molecule has 1 aromatic carbocycles. The zero-order chi connectivity index (χ0) is 27.8. The lowest BCUT2D eigenvalue weighted by atomic mass is 9.99. The number of imidazole rings is 1. The lowest BCUT2D eigenvalue weighted by Gasteiger charge is -2.21. The van der Waals surface area contributed by atoms with Crippen molar-refractivity contribution in [1.82, 2.24) is 25.2 Å². The van der Waals surface area contributed by atoms with E-state index in [1.807, 2.05) is 39.4 Å². The summed E-state index contributed by atoms with van der Waals surface area (Å²) in [5.41, 5.74) is 5.64. The third-order valence-corrected chi connectivity index (χ3v) is 8.66. The summed E-state index contributed by atoms with van der Waals surface area (Å²) in [7, 11) is 2.04. The number of aliphatic imine (C=N–C) groups is 1. The van der Waals surface area contributed by atoms with E-state index in [1.165, 1.54) is 0 Å². The summed E-state index contributed by atoms with van der Waals surface area (Å²) in [5.74, 6) is 1.42. The van der Waals surface area contributed by atoms with Gasteiger partial charge in [0.25, 0.3) is 5.91 Å². The number of carbonyl (C=O) groups excluding carboxylic acids is 1. The summed E-state index contributed by atoms with van der Waals surface area (Å²) in [6.07, 6.45) is 9.57. The highest BCUT2D eigenvalue weighted by Gasteiger charge is 2.21. The fraction of sp³-hybridized carbons (Fsp3) is 0.290. The van der Waals surface area contributed by atoms with E-state index in [9.17, 15) is 9.18 Å². The van der Waals surface area contributed by atoms with Crippen molar-refractivity contribution in [3.8, 4) is 10.4 Å². The van der Waals surface area contributed by atoms with Crippen molar-refractivity contribution in [2.75, 3.05) is 0 Å².